The van der Waals surface area contributed by atoms with Crippen molar-refractivity contribution < 1.29 is 0 Å². The molecule has 3 nitrogen and oxygen atoms in total. The van der Waals surface area contributed by atoms with Crippen molar-refractivity contribution in [1.82, 2.24) is 4.98 Å². The Balaban J connectivity index is 2.46. The molecule has 0 bridgehead atoms. The fourth-order valence-electron chi connectivity index (χ4n) is 2.65. The van der Waals surface area contributed by atoms with E-state index in [1.54, 1.807) is 0 Å². The van der Waals surface area contributed by atoms with Crippen molar-refractivity contribution >= 4 is 17.4 Å². The SMILES string of the molecule is CCCCN(CCCC)c1cc(-c2ccccc2)c(C#N)c(Cl)n1. The van der Waals surface area contributed by atoms with Crippen molar-refractivity contribution in [1.29, 1.82) is 5.26 Å². The fourth-order valence-corrected chi connectivity index (χ4v) is 2.88. The molecule has 0 amide bonds. The Labute approximate surface area is 149 Å². The van der Waals surface area contributed by atoms with Gasteiger partial charge < -0.3 is 4.90 Å². The molecular formula is C20H24ClN3. The number of hydrogen-bond acceptors (Lipinski definition) is 3. The lowest BCUT2D eigenvalue weighted by Crippen LogP contribution is -2.26. The quantitative estimate of drug-likeness (QED) is 0.580. The molecule has 2 rings (SSSR count). The summed E-state index contributed by atoms with van der Waals surface area (Å²) < 4.78 is 0. The van der Waals surface area contributed by atoms with Crippen molar-refractivity contribution in [2.24, 2.45) is 0 Å². The lowest BCUT2D eigenvalue weighted by atomic mass is 10.0. The number of nitrogens with zero attached hydrogens (tertiary/aromatic N) is 3. The molecule has 0 aliphatic carbocycles. The zero-order chi connectivity index (χ0) is 17.4. The van der Waals surface area contributed by atoms with Crippen molar-refractivity contribution in [3.05, 3.63) is 47.1 Å². The summed E-state index contributed by atoms with van der Waals surface area (Å²) in [5, 5.41) is 9.77. The predicted molar refractivity (Wildman–Crippen MR) is 101 cm³/mol. The number of aromatic nitrogens is 1. The molecule has 1 aromatic heterocycles. The van der Waals surface area contributed by atoms with Crippen LogP contribution in [0.3, 0.4) is 0 Å². The Hall–Kier alpha value is -2.05. The summed E-state index contributed by atoms with van der Waals surface area (Å²) in [6, 6.07) is 14.1. The van der Waals surface area contributed by atoms with Gasteiger partial charge in [-0.05, 0) is 24.5 Å². The van der Waals surface area contributed by atoms with Gasteiger partial charge >= 0.3 is 0 Å². The summed E-state index contributed by atoms with van der Waals surface area (Å²) in [4.78, 5) is 6.79. The van der Waals surface area contributed by atoms with E-state index < -0.39 is 0 Å². The number of halogens is 1. The van der Waals surface area contributed by atoms with Crippen LogP contribution >= 0.6 is 11.6 Å². The van der Waals surface area contributed by atoms with Crippen LogP contribution in [0, 0.1) is 11.3 Å². The molecule has 0 atom stereocenters. The topological polar surface area (TPSA) is 39.9 Å². The van der Waals surface area contributed by atoms with E-state index in [-0.39, 0.29) is 5.15 Å². The molecule has 1 heterocycles. The lowest BCUT2D eigenvalue weighted by molar-refractivity contribution is 0.671. The highest BCUT2D eigenvalue weighted by Gasteiger charge is 2.16. The smallest absolute Gasteiger partial charge is 0.149 e. The highest BCUT2D eigenvalue weighted by molar-refractivity contribution is 6.31. The van der Waals surface area contributed by atoms with Crippen LogP contribution in [-0.4, -0.2) is 18.1 Å². The van der Waals surface area contributed by atoms with Gasteiger partial charge in [-0.3, -0.25) is 0 Å². The van der Waals surface area contributed by atoms with Gasteiger partial charge in [0.05, 0.1) is 5.56 Å². The van der Waals surface area contributed by atoms with E-state index >= 15 is 0 Å². The van der Waals surface area contributed by atoms with Gasteiger partial charge in [0.15, 0.2) is 0 Å². The van der Waals surface area contributed by atoms with Crippen molar-refractivity contribution in [2.75, 3.05) is 18.0 Å². The normalized spacial score (nSPS) is 10.4. The van der Waals surface area contributed by atoms with Crippen LogP contribution in [-0.2, 0) is 0 Å². The van der Waals surface area contributed by atoms with Gasteiger partial charge in [-0.25, -0.2) is 4.98 Å². The Morgan fingerprint density at radius 2 is 1.71 bits per heavy atom. The second-order valence-corrected chi connectivity index (χ2v) is 6.22. The molecule has 1 aromatic carbocycles. The van der Waals surface area contributed by atoms with E-state index in [2.05, 4.69) is 29.8 Å². The Bertz CT molecular complexity index is 684. The number of hydrogen-bond donors (Lipinski definition) is 0. The molecule has 0 aliphatic rings. The first kappa shape index (κ1) is 18.3. The summed E-state index contributed by atoms with van der Waals surface area (Å²) in [5.74, 6) is 0.861. The zero-order valence-corrected chi connectivity index (χ0v) is 15.2. The minimum absolute atomic E-state index is 0.284. The van der Waals surface area contributed by atoms with Gasteiger partial charge in [0.1, 0.15) is 17.0 Å². The summed E-state index contributed by atoms with van der Waals surface area (Å²) in [6.45, 7) is 6.29. The van der Waals surface area contributed by atoms with E-state index in [1.807, 2.05) is 36.4 Å². The first-order valence-electron chi connectivity index (χ1n) is 8.62. The highest BCUT2D eigenvalue weighted by Crippen LogP contribution is 2.31. The van der Waals surface area contributed by atoms with Crippen LogP contribution < -0.4 is 4.90 Å². The van der Waals surface area contributed by atoms with Gasteiger partial charge in [0, 0.05) is 18.7 Å². The van der Waals surface area contributed by atoms with E-state index in [0.29, 0.717) is 5.56 Å². The van der Waals surface area contributed by atoms with Crippen LogP contribution in [0.15, 0.2) is 36.4 Å². The molecular weight excluding hydrogens is 318 g/mol. The van der Waals surface area contributed by atoms with E-state index in [0.717, 1.165) is 55.7 Å². The maximum absolute atomic E-state index is 9.48. The lowest BCUT2D eigenvalue weighted by Gasteiger charge is -2.24. The number of benzene rings is 1. The predicted octanol–water partition coefficient (Wildman–Crippen LogP) is 5.68. The van der Waals surface area contributed by atoms with E-state index in [9.17, 15) is 5.26 Å². The summed E-state index contributed by atoms with van der Waals surface area (Å²) in [7, 11) is 0. The maximum atomic E-state index is 9.48. The van der Waals surface area contributed by atoms with Gasteiger partial charge in [-0.15, -0.1) is 0 Å². The number of unbranched alkanes of at least 4 members (excludes halogenated alkanes) is 2. The van der Waals surface area contributed by atoms with Crippen LogP contribution in [0.25, 0.3) is 11.1 Å². The summed E-state index contributed by atoms with van der Waals surface area (Å²) in [5.41, 5.74) is 2.29. The first-order valence-corrected chi connectivity index (χ1v) is 9.00. The minimum Gasteiger partial charge on any atom is -0.357 e. The maximum Gasteiger partial charge on any atom is 0.149 e. The third-order valence-corrected chi connectivity index (χ3v) is 4.32. The fraction of sp³-hybridized carbons (Fsp3) is 0.400. The molecule has 0 saturated heterocycles. The minimum atomic E-state index is 0.284. The number of rotatable bonds is 8. The van der Waals surface area contributed by atoms with Gasteiger partial charge in [-0.1, -0.05) is 68.6 Å². The van der Waals surface area contributed by atoms with Crippen LogP contribution in [0.1, 0.15) is 45.1 Å². The molecule has 0 fully saturated rings. The molecule has 0 spiro atoms. The molecule has 0 aliphatic heterocycles. The van der Waals surface area contributed by atoms with Gasteiger partial charge in [0.25, 0.3) is 0 Å². The van der Waals surface area contributed by atoms with Crippen molar-refractivity contribution in [3.8, 4) is 17.2 Å². The highest BCUT2D eigenvalue weighted by atomic mass is 35.5. The van der Waals surface area contributed by atoms with Crippen LogP contribution in [0.5, 0.6) is 0 Å². The first-order chi connectivity index (χ1) is 11.7. The monoisotopic (exact) mass is 341 g/mol. The van der Waals surface area contributed by atoms with Gasteiger partial charge in [0.2, 0.25) is 0 Å². The summed E-state index contributed by atoms with van der Waals surface area (Å²) in [6.07, 6.45) is 4.50. The average Bonchev–Trinajstić information content (AvgIpc) is 2.62. The molecule has 4 heteroatoms. The number of pyridine rings is 1. The third-order valence-electron chi connectivity index (χ3n) is 4.05. The molecule has 0 unspecified atom stereocenters. The van der Waals surface area contributed by atoms with Crippen LogP contribution in [0.4, 0.5) is 5.82 Å². The Morgan fingerprint density at radius 3 is 2.25 bits per heavy atom. The van der Waals surface area contributed by atoms with E-state index in [1.165, 1.54) is 0 Å². The van der Waals surface area contributed by atoms with Crippen molar-refractivity contribution in [2.45, 2.75) is 39.5 Å². The Morgan fingerprint density at radius 1 is 1.08 bits per heavy atom. The van der Waals surface area contributed by atoms with E-state index in [4.69, 9.17) is 11.6 Å². The third kappa shape index (κ3) is 4.49. The van der Waals surface area contributed by atoms with Crippen LogP contribution in [0.2, 0.25) is 5.15 Å². The molecule has 0 saturated carbocycles. The second kappa shape index (κ2) is 9.30. The zero-order valence-electron chi connectivity index (χ0n) is 14.4. The van der Waals surface area contributed by atoms with Gasteiger partial charge in [-0.2, -0.15) is 5.26 Å². The average molecular weight is 342 g/mol. The standard InChI is InChI=1S/C20H24ClN3/c1-3-5-12-24(13-6-4-2)19-14-17(16-10-8-7-9-11-16)18(15-22)20(21)23-19/h7-11,14H,3-6,12-13H2,1-2H3. The number of anilines is 1. The Kier molecular flexibility index (Phi) is 7.08. The molecule has 2 aromatic rings. The van der Waals surface area contributed by atoms with Crippen molar-refractivity contribution in [3.63, 3.8) is 0 Å². The molecule has 0 radical (unpaired) electrons. The molecule has 0 N–H and O–H groups in total. The second-order valence-electron chi connectivity index (χ2n) is 5.87. The largest absolute Gasteiger partial charge is 0.357 e. The molecule has 24 heavy (non-hydrogen) atoms. The number of nitriles is 1. The molecule has 126 valence electrons. The summed E-state index contributed by atoms with van der Waals surface area (Å²) >= 11 is 6.34.